The van der Waals surface area contributed by atoms with E-state index in [-0.39, 0.29) is 5.91 Å². The van der Waals surface area contributed by atoms with Gasteiger partial charge in [-0.25, -0.2) is 0 Å². The molecule has 1 atom stereocenters. The van der Waals surface area contributed by atoms with Crippen LogP contribution in [0.15, 0.2) is 49.1 Å². The summed E-state index contributed by atoms with van der Waals surface area (Å²) in [6.07, 6.45) is 4.62. The first kappa shape index (κ1) is 26.4. The molecule has 0 aromatic heterocycles. The zero-order valence-corrected chi connectivity index (χ0v) is 21.7. The van der Waals surface area contributed by atoms with Crippen LogP contribution >= 0.6 is 23.2 Å². The number of hydrogen-bond acceptors (Lipinski definition) is 4. The molecule has 0 radical (unpaired) electrons. The van der Waals surface area contributed by atoms with Crippen LogP contribution in [-0.2, 0) is 10.2 Å². The van der Waals surface area contributed by atoms with E-state index in [9.17, 15) is 4.79 Å². The summed E-state index contributed by atoms with van der Waals surface area (Å²) >= 11 is 12.3. The SMILES string of the molecule is C=CCC(C)(C(=O)Nc1ccc(OC)c(OCCN2CCC(C)CC2)c1)c1ccc(Cl)c(Cl)c1. The highest BCUT2D eigenvalue weighted by Crippen LogP contribution is 2.35. The number of ether oxygens (including phenoxy) is 2. The number of rotatable bonds is 10. The summed E-state index contributed by atoms with van der Waals surface area (Å²) in [4.78, 5) is 15.8. The number of carbonyl (C=O) groups is 1. The highest BCUT2D eigenvalue weighted by molar-refractivity contribution is 6.42. The molecule has 1 aliphatic rings. The molecule has 1 fully saturated rings. The third-order valence-electron chi connectivity index (χ3n) is 6.57. The van der Waals surface area contributed by atoms with Crippen LogP contribution in [0.2, 0.25) is 10.0 Å². The quantitative estimate of drug-likeness (QED) is 0.371. The standard InChI is InChI=1S/C27H34Cl2N2O3/c1-5-12-27(3,20-6-8-22(28)23(29)17-20)26(32)30-21-7-9-24(33-4)25(18-21)34-16-15-31-13-10-19(2)11-14-31/h5-9,17-19H,1,10-16H2,2-4H3,(H,30,32). The Morgan fingerprint density at radius 1 is 1.18 bits per heavy atom. The number of anilines is 1. The van der Waals surface area contributed by atoms with Gasteiger partial charge in [0.1, 0.15) is 6.61 Å². The summed E-state index contributed by atoms with van der Waals surface area (Å²) in [5, 5.41) is 3.88. The molecule has 184 valence electrons. The number of methoxy groups -OCH3 is 1. The number of piperidine rings is 1. The zero-order valence-electron chi connectivity index (χ0n) is 20.2. The molecule has 0 aliphatic carbocycles. The summed E-state index contributed by atoms with van der Waals surface area (Å²) in [5.41, 5.74) is 0.519. The topological polar surface area (TPSA) is 50.8 Å². The lowest BCUT2D eigenvalue weighted by Crippen LogP contribution is -2.37. The minimum absolute atomic E-state index is 0.177. The Bertz CT molecular complexity index is 1010. The van der Waals surface area contributed by atoms with Crippen molar-refractivity contribution < 1.29 is 14.3 Å². The number of likely N-dealkylation sites (tertiary alicyclic amines) is 1. The average molecular weight is 505 g/mol. The molecule has 0 saturated carbocycles. The van der Waals surface area contributed by atoms with Gasteiger partial charge in [0.15, 0.2) is 11.5 Å². The molecule has 34 heavy (non-hydrogen) atoms. The number of benzene rings is 2. The van der Waals surface area contributed by atoms with Crippen molar-refractivity contribution in [3.63, 3.8) is 0 Å². The van der Waals surface area contributed by atoms with Gasteiger partial charge in [-0.2, -0.15) is 0 Å². The summed E-state index contributed by atoms with van der Waals surface area (Å²) in [6.45, 7) is 11.6. The van der Waals surface area contributed by atoms with Gasteiger partial charge in [0.25, 0.3) is 0 Å². The predicted molar refractivity (Wildman–Crippen MR) is 141 cm³/mol. The predicted octanol–water partition coefficient (Wildman–Crippen LogP) is 6.59. The van der Waals surface area contributed by atoms with Gasteiger partial charge >= 0.3 is 0 Å². The fraction of sp³-hybridized carbons (Fsp3) is 0.444. The molecule has 5 nitrogen and oxygen atoms in total. The molecule has 1 unspecified atom stereocenters. The maximum Gasteiger partial charge on any atom is 0.235 e. The molecule has 1 N–H and O–H groups in total. The smallest absolute Gasteiger partial charge is 0.235 e. The van der Waals surface area contributed by atoms with Crippen molar-refractivity contribution in [3.8, 4) is 11.5 Å². The van der Waals surface area contributed by atoms with E-state index in [1.807, 2.05) is 13.0 Å². The number of nitrogens with zero attached hydrogens (tertiary/aromatic N) is 1. The number of carbonyl (C=O) groups excluding carboxylic acids is 1. The van der Waals surface area contributed by atoms with Crippen LogP contribution in [0.1, 0.15) is 38.7 Å². The van der Waals surface area contributed by atoms with E-state index < -0.39 is 5.41 Å². The first-order chi connectivity index (χ1) is 16.3. The molecule has 2 aromatic rings. The molecule has 2 aromatic carbocycles. The lowest BCUT2D eigenvalue weighted by atomic mass is 9.78. The van der Waals surface area contributed by atoms with Crippen LogP contribution in [0, 0.1) is 5.92 Å². The van der Waals surface area contributed by atoms with Crippen molar-refractivity contribution in [2.75, 3.05) is 38.7 Å². The van der Waals surface area contributed by atoms with Gasteiger partial charge < -0.3 is 14.8 Å². The highest BCUT2D eigenvalue weighted by Gasteiger charge is 2.34. The number of hydrogen-bond donors (Lipinski definition) is 1. The van der Waals surface area contributed by atoms with Crippen molar-refractivity contribution in [1.82, 2.24) is 4.90 Å². The van der Waals surface area contributed by atoms with Crippen LogP contribution < -0.4 is 14.8 Å². The van der Waals surface area contributed by atoms with Crippen LogP contribution in [0.25, 0.3) is 0 Å². The summed E-state index contributed by atoms with van der Waals surface area (Å²) in [7, 11) is 1.61. The van der Waals surface area contributed by atoms with Gasteiger partial charge in [-0.1, -0.05) is 42.3 Å². The first-order valence-electron chi connectivity index (χ1n) is 11.7. The largest absolute Gasteiger partial charge is 0.493 e. The van der Waals surface area contributed by atoms with Gasteiger partial charge in [0, 0.05) is 18.3 Å². The van der Waals surface area contributed by atoms with E-state index in [0.29, 0.717) is 40.3 Å². The molecule has 1 saturated heterocycles. The Labute approximate surface area is 213 Å². The summed E-state index contributed by atoms with van der Waals surface area (Å²) < 4.78 is 11.5. The van der Waals surface area contributed by atoms with E-state index in [1.54, 1.807) is 43.5 Å². The zero-order chi connectivity index (χ0) is 24.7. The molecule has 3 rings (SSSR count). The molecular weight excluding hydrogens is 471 g/mol. The molecule has 1 aliphatic heterocycles. The normalized spacial score (nSPS) is 16.5. The first-order valence-corrected chi connectivity index (χ1v) is 12.4. The van der Waals surface area contributed by atoms with Crippen LogP contribution in [0.5, 0.6) is 11.5 Å². The van der Waals surface area contributed by atoms with Crippen molar-refractivity contribution in [2.24, 2.45) is 5.92 Å². The van der Waals surface area contributed by atoms with Crippen LogP contribution in [-0.4, -0.2) is 44.2 Å². The maximum atomic E-state index is 13.4. The molecule has 1 amide bonds. The van der Waals surface area contributed by atoms with E-state index >= 15 is 0 Å². The van der Waals surface area contributed by atoms with Crippen LogP contribution in [0.3, 0.4) is 0 Å². The van der Waals surface area contributed by atoms with Gasteiger partial charge in [0.2, 0.25) is 5.91 Å². The Balaban J connectivity index is 1.72. The van der Waals surface area contributed by atoms with Crippen molar-refractivity contribution in [1.29, 1.82) is 0 Å². The molecular formula is C27H34Cl2N2O3. The van der Waals surface area contributed by atoms with Crippen LogP contribution in [0.4, 0.5) is 5.69 Å². The number of amides is 1. The van der Waals surface area contributed by atoms with Gasteiger partial charge in [-0.3, -0.25) is 9.69 Å². The lowest BCUT2D eigenvalue weighted by Gasteiger charge is -2.30. The fourth-order valence-electron chi connectivity index (χ4n) is 4.18. The van der Waals surface area contributed by atoms with Crippen molar-refractivity contribution >= 4 is 34.8 Å². The fourth-order valence-corrected chi connectivity index (χ4v) is 4.47. The number of nitrogens with one attached hydrogen (secondary N) is 1. The van der Waals surface area contributed by atoms with Crippen molar-refractivity contribution in [3.05, 3.63) is 64.7 Å². The molecule has 7 heteroatoms. The molecule has 0 bridgehead atoms. The van der Waals surface area contributed by atoms with E-state index in [2.05, 4.69) is 23.7 Å². The second-order valence-electron chi connectivity index (χ2n) is 9.15. The third-order valence-corrected chi connectivity index (χ3v) is 7.31. The lowest BCUT2D eigenvalue weighted by molar-refractivity contribution is -0.121. The van der Waals surface area contributed by atoms with Gasteiger partial charge in [0.05, 0.1) is 22.6 Å². The Kier molecular flexibility index (Phi) is 9.29. The van der Waals surface area contributed by atoms with Crippen molar-refractivity contribution in [2.45, 2.75) is 38.5 Å². The minimum atomic E-state index is -0.873. The number of allylic oxidation sites excluding steroid dienone is 1. The van der Waals surface area contributed by atoms with E-state index in [1.165, 1.54) is 12.8 Å². The monoisotopic (exact) mass is 504 g/mol. The van der Waals surface area contributed by atoms with Gasteiger partial charge in [-0.05, 0) is 75.0 Å². The average Bonchev–Trinajstić information content (AvgIpc) is 2.82. The van der Waals surface area contributed by atoms with E-state index in [4.69, 9.17) is 32.7 Å². The second-order valence-corrected chi connectivity index (χ2v) is 9.96. The Morgan fingerprint density at radius 3 is 2.56 bits per heavy atom. The molecule has 1 heterocycles. The van der Waals surface area contributed by atoms with E-state index in [0.717, 1.165) is 31.1 Å². The third kappa shape index (κ3) is 6.47. The minimum Gasteiger partial charge on any atom is -0.493 e. The Morgan fingerprint density at radius 2 is 1.91 bits per heavy atom. The number of halogens is 2. The summed E-state index contributed by atoms with van der Waals surface area (Å²) in [6, 6.07) is 10.7. The Hall–Kier alpha value is -2.21. The molecule has 0 spiro atoms. The van der Waals surface area contributed by atoms with Gasteiger partial charge in [-0.15, -0.1) is 6.58 Å². The highest BCUT2D eigenvalue weighted by atomic mass is 35.5. The summed E-state index contributed by atoms with van der Waals surface area (Å²) in [5.74, 6) is 1.85. The maximum absolute atomic E-state index is 13.4. The second kappa shape index (κ2) is 12.0.